The van der Waals surface area contributed by atoms with Crippen molar-refractivity contribution in [1.29, 1.82) is 0 Å². The Bertz CT molecular complexity index is 617. The zero-order valence-electron chi connectivity index (χ0n) is 10.6. The molecule has 0 saturated carbocycles. The lowest BCUT2D eigenvalue weighted by Gasteiger charge is -2.18. The Balaban J connectivity index is 2.99. The fourth-order valence-electron chi connectivity index (χ4n) is 1.27. The fourth-order valence-corrected chi connectivity index (χ4v) is 1.66. The summed E-state index contributed by atoms with van der Waals surface area (Å²) in [4.78, 5) is 32.5. The van der Waals surface area contributed by atoms with Gasteiger partial charge >= 0.3 is 5.97 Å². The minimum atomic E-state index is -2.17. The second-order valence-electron chi connectivity index (χ2n) is 4.31. The lowest BCUT2D eigenvalue weighted by Crippen LogP contribution is -2.46. The van der Waals surface area contributed by atoms with Crippen LogP contribution in [0.2, 0.25) is 10.0 Å². The van der Waals surface area contributed by atoms with Gasteiger partial charge in [-0.2, -0.15) is 0 Å². The maximum Gasteiger partial charge on any atom is 0.337 e. The highest BCUT2D eigenvalue weighted by atomic mass is 35.5. The van der Waals surface area contributed by atoms with Gasteiger partial charge in [-0.15, -0.1) is 0 Å². The Labute approximate surface area is 128 Å². The summed E-state index contributed by atoms with van der Waals surface area (Å²) in [7, 11) is 0. The van der Waals surface area contributed by atoms with Crippen molar-refractivity contribution in [3.63, 3.8) is 0 Å². The first-order chi connectivity index (χ1) is 9.56. The lowest BCUT2D eigenvalue weighted by atomic mass is 10.1. The molecule has 114 valence electrons. The summed E-state index contributed by atoms with van der Waals surface area (Å²) in [5.74, 6) is -2.36. The molecule has 1 amide bonds. The Morgan fingerprint density at radius 2 is 2.00 bits per heavy atom. The van der Waals surface area contributed by atoms with E-state index in [4.69, 9.17) is 28.3 Å². The molecule has 0 aliphatic heterocycles. The van der Waals surface area contributed by atoms with Gasteiger partial charge in [-0.3, -0.25) is 14.9 Å². The summed E-state index contributed by atoms with van der Waals surface area (Å²) >= 11 is 11.3. The van der Waals surface area contributed by atoms with Gasteiger partial charge in [-0.05, 0) is 13.0 Å². The van der Waals surface area contributed by atoms with E-state index in [0.29, 0.717) is 0 Å². The maximum absolute atomic E-state index is 11.8. The van der Waals surface area contributed by atoms with E-state index in [2.05, 4.69) is 5.32 Å². The molecule has 8 nitrogen and oxygen atoms in total. The third kappa shape index (κ3) is 4.03. The van der Waals surface area contributed by atoms with Crippen molar-refractivity contribution in [3.8, 4) is 0 Å². The number of carbonyl (C=O) groups excluding carboxylic acids is 1. The number of aliphatic hydroxyl groups is 1. The minimum Gasteiger partial charge on any atom is -0.479 e. The highest BCUT2D eigenvalue weighted by molar-refractivity contribution is 6.43. The summed E-state index contributed by atoms with van der Waals surface area (Å²) in [5, 5.41) is 30.6. The van der Waals surface area contributed by atoms with E-state index in [9.17, 15) is 24.8 Å². The van der Waals surface area contributed by atoms with E-state index in [0.717, 1.165) is 19.1 Å². The van der Waals surface area contributed by atoms with E-state index in [1.165, 1.54) is 0 Å². The summed E-state index contributed by atoms with van der Waals surface area (Å²) in [6, 6.07) is 2.00. The summed E-state index contributed by atoms with van der Waals surface area (Å²) in [6.45, 7) is 0.405. The second kappa shape index (κ2) is 6.25. The first kappa shape index (κ1) is 17.2. The molecule has 1 atom stereocenters. The van der Waals surface area contributed by atoms with Crippen LogP contribution in [0, 0.1) is 10.1 Å². The number of hydrogen-bond donors (Lipinski definition) is 3. The molecule has 0 spiro atoms. The van der Waals surface area contributed by atoms with Gasteiger partial charge in [-0.1, -0.05) is 23.2 Å². The van der Waals surface area contributed by atoms with Crippen molar-refractivity contribution < 1.29 is 24.7 Å². The summed E-state index contributed by atoms with van der Waals surface area (Å²) in [6.07, 6.45) is 0. The SMILES string of the molecule is CC(O)(CNC(=O)c1cc(Cl)c(Cl)c([N+](=O)[O-])c1)C(=O)O. The number of carboxylic acids is 1. The second-order valence-corrected chi connectivity index (χ2v) is 5.10. The zero-order chi connectivity index (χ0) is 16.4. The minimum absolute atomic E-state index is 0.183. The normalized spacial score (nSPS) is 13.3. The van der Waals surface area contributed by atoms with Crippen molar-refractivity contribution >= 4 is 40.8 Å². The Morgan fingerprint density at radius 3 is 2.48 bits per heavy atom. The van der Waals surface area contributed by atoms with E-state index >= 15 is 0 Å². The molecular formula is C11H10Cl2N2O6. The van der Waals surface area contributed by atoms with Crippen LogP contribution < -0.4 is 5.32 Å². The molecule has 0 radical (unpaired) electrons. The number of amides is 1. The van der Waals surface area contributed by atoms with Crippen molar-refractivity contribution in [3.05, 3.63) is 37.9 Å². The third-order valence-electron chi connectivity index (χ3n) is 2.52. The van der Waals surface area contributed by atoms with Gasteiger partial charge in [0.15, 0.2) is 5.60 Å². The number of aliphatic carboxylic acids is 1. The average Bonchev–Trinajstić information content (AvgIpc) is 2.38. The molecule has 0 saturated heterocycles. The molecule has 0 aliphatic carbocycles. The molecule has 1 aromatic carbocycles. The molecular weight excluding hydrogens is 327 g/mol. The largest absolute Gasteiger partial charge is 0.479 e. The van der Waals surface area contributed by atoms with Crippen LogP contribution in [0.5, 0.6) is 0 Å². The van der Waals surface area contributed by atoms with Crippen molar-refractivity contribution in [2.24, 2.45) is 0 Å². The topological polar surface area (TPSA) is 130 Å². The Hall–Kier alpha value is -1.90. The van der Waals surface area contributed by atoms with Crippen LogP contribution in [0.15, 0.2) is 12.1 Å². The lowest BCUT2D eigenvalue weighted by molar-refractivity contribution is -0.384. The van der Waals surface area contributed by atoms with Gasteiger partial charge in [0.1, 0.15) is 5.02 Å². The third-order valence-corrected chi connectivity index (χ3v) is 3.31. The van der Waals surface area contributed by atoms with Crippen LogP contribution >= 0.6 is 23.2 Å². The number of nitro groups is 1. The number of benzene rings is 1. The number of rotatable bonds is 5. The molecule has 0 aromatic heterocycles. The zero-order valence-corrected chi connectivity index (χ0v) is 12.1. The quantitative estimate of drug-likeness (QED) is 0.551. The van der Waals surface area contributed by atoms with Crippen LogP contribution in [-0.2, 0) is 4.79 Å². The number of hydrogen-bond acceptors (Lipinski definition) is 5. The van der Waals surface area contributed by atoms with Crippen LogP contribution in [-0.4, -0.2) is 39.2 Å². The monoisotopic (exact) mass is 336 g/mol. The van der Waals surface area contributed by atoms with Crippen molar-refractivity contribution in [2.75, 3.05) is 6.54 Å². The van der Waals surface area contributed by atoms with Gasteiger partial charge < -0.3 is 15.5 Å². The van der Waals surface area contributed by atoms with Gasteiger partial charge in [0.25, 0.3) is 11.6 Å². The summed E-state index contributed by atoms with van der Waals surface area (Å²) in [5.41, 5.74) is -2.91. The molecule has 3 N–H and O–H groups in total. The van der Waals surface area contributed by atoms with Crippen LogP contribution in [0.3, 0.4) is 0 Å². The average molecular weight is 337 g/mol. The number of nitrogens with one attached hydrogen (secondary N) is 1. The first-order valence-corrected chi connectivity index (χ1v) is 6.19. The molecule has 1 rings (SSSR count). The van der Waals surface area contributed by atoms with Crippen LogP contribution in [0.1, 0.15) is 17.3 Å². The predicted molar refractivity (Wildman–Crippen MR) is 73.7 cm³/mol. The van der Waals surface area contributed by atoms with Crippen LogP contribution in [0.4, 0.5) is 5.69 Å². The molecule has 0 bridgehead atoms. The number of nitro benzene ring substituents is 1. The molecule has 21 heavy (non-hydrogen) atoms. The van der Waals surface area contributed by atoms with E-state index in [-0.39, 0.29) is 15.6 Å². The fraction of sp³-hybridized carbons (Fsp3) is 0.273. The number of halogens is 2. The Kier molecular flexibility index (Phi) is 5.10. The van der Waals surface area contributed by atoms with Gasteiger partial charge in [-0.25, -0.2) is 4.79 Å². The van der Waals surface area contributed by atoms with E-state index < -0.39 is 34.6 Å². The summed E-state index contributed by atoms with van der Waals surface area (Å²) < 4.78 is 0. The predicted octanol–water partition coefficient (Wildman–Crippen LogP) is 1.47. The van der Waals surface area contributed by atoms with Gasteiger partial charge in [0, 0.05) is 11.6 Å². The van der Waals surface area contributed by atoms with E-state index in [1.807, 2.05) is 0 Å². The number of carbonyl (C=O) groups is 2. The van der Waals surface area contributed by atoms with E-state index in [1.54, 1.807) is 0 Å². The number of carboxylic acid groups (broad SMARTS) is 1. The molecule has 1 unspecified atom stereocenters. The standard InChI is InChI=1S/C11H10Cl2N2O6/c1-11(19,10(17)18)4-14-9(16)5-2-6(12)8(13)7(3-5)15(20)21/h2-3,19H,4H2,1H3,(H,14,16)(H,17,18). The smallest absolute Gasteiger partial charge is 0.337 e. The molecule has 0 fully saturated rings. The van der Waals surface area contributed by atoms with Crippen molar-refractivity contribution in [2.45, 2.75) is 12.5 Å². The first-order valence-electron chi connectivity index (χ1n) is 5.43. The van der Waals surface area contributed by atoms with Crippen molar-refractivity contribution in [1.82, 2.24) is 5.32 Å². The van der Waals surface area contributed by atoms with Gasteiger partial charge in [0.05, 0.1) is 16.5 Å². The van der Waals surface area contributed by atoms with Crippen LogP contribution in [0.25, 0.3) is 0 Å². The molecule has 1 aromatic rings. The molecule has 0 aliphatic rings. The Morgan fingerprint density at radius 1 is 1.43 bits per heavy atom. The van der Waals surface area contributed by atoms with Gasteiger partial charge in [0.2, 0.25) is 0 Å². The maximum atomic E-state index is 11.8. The molecule has 10 heteroatoms. The highest BCUT2D eigenvalue weighted by Crippen LogP contribution is 2.33. The highest BCUT2D eigenvalue weighted by Gasteiger charge is 2.30. The number of nitrogens with zero attached hydrogens (tertiary/aromatic N) is 1. The molecule has 0 heterocycles.